The van der Waals surface area contributed by atoms with Crippen LogP contribution in [0, 0.1) is 0 Å². The molecule has 0 amide bonds. The Kier molecular flexibility index (Phi) is 7.89. The predicted molar refractivity (Wildman–Crippen MR) is 156 cm³/mol. The van der Waals surface area contributed by atoms with Crippen LogP contribution in [0.5, 0.6) is 5.88 Å². The molecule has 0 aliphatic carbocycles. The van der Waals surface area contributed by atoms with Gasteiger partial charge < -0.3 is 20.1 Å². The first-order chi connectivity index (χ1) is 18.5. The maximum Gasteiger partial charge on any atom is 0.217 e. The summed E-state index contributed by atoms with van der Waals surface area (Å²) in [6.45, 7) is 2.51. The van der Waals surface area contributed by atoms with Crippen LogP contribution in [-0.2, 0) is 5.60 Å². The summed E-state index contributed by atoms with van der Waals surface area (Å²) in [5.74, 6) is 0.139. The van der Waals surface area contributed by atoms with Crippen molar-refractivity contribution in [2.45, 2.75) is 24.4 Å². The van der Waals surface area contributed by atoms with Gasteiger partial charge in [-0.3, -0.25) is 0 Å². The number of hydrogen-bond acceptors (Lipinski definition) is 5. The molecule has 0 saturated carbocycles. The van der Waals surface area contributed by atoms with Gasteiger partial charge in [0.2, 0.25) is 5.88 Å². The van der Waals surface area contributed by atoms with Crippen LogP contribution in [0.2, 0.25) is 0 Å². The summed E-state index contributed by atoms with van der Waals surface area (Å²) >= 11 is 0. The smallest absolute Gasteiger partial charge is 0.217 e. The summed E-state index contributed by atoms with van der Waals surface area (Å²) in [5.41, 5.74) is 3.95. The molecular formula is C33H37N3O2. The summed E-state index contributed by atoms with van der Waals surface area (Å²) in [6, 6.07) is 27.0. The monoisotopic (exact) mass is 507 g/mol. The molecule has 38 heavy (non-hydrogen) atoms. The van der Waals surface area contributed by atoms with E-state index in [1.165, 1.54) is 5.57 Å². The number of rotatable bonds is 9. The quantitative estimate of drug-likeness (QED) is 0.309. The van der Waals surface area contributed by atoms with Crippen molar-refractivity contribution in [3.8, 4) is 5.88 Å². The van der Waals surface area contributed by atoms with E-state index in [4.69, 9.17) is 9.72 Å². The average Bonchev–Trinajstić information content (AvgIpc) is 2.97. The van der Waals surface area contributed by atoms with Crippen molar-refractivity contribution >= 4 is 16.3 Å². The second kappa shape index (κ2) is 11.5. The molecule has 5 rings (SSSR count). The largest absolute Gasteiger partial charge is 0.481 e. The van der Waals surface area contributed by atoms with Gasteiger partial charge >= 0.3 is 0 Å². The molecule has 5 heteroatoms. The van der Waals surface area contributed by atoms with E-state index in [2.05, 4.69) is 58.8 Å². The van der Waals surface area contributed by atoms with Crippen LogP contribution in [0.15, 0.2) is 91.1 Å². The van der Waals surface area contributed by atoms with Crippen LogP contribution in [0.1, 0.15) is 41.0 Å². The fourth-order valence-electron chi connectivity index (χ4n) is 5.70. The lowest BCUT2D eigenvalue weighted by Crippen LogP contribution is -2.38. The van der Waals surface area contributed by atoms with Crippen LogP contribution < -0.4 is 10.1 Å². The van der Waals surface area contributed by atoms with Gasteiger partial charge in [0.1, 0.15) is 5.60 Å². The first-order valence-corrected chi connectivity index (χ1v) is 13.4. The topological polar surface area (TPSA) is 57.6 Å². The van der Waals surface area contributed by atoms with Gasteiger partial charge in [0, 0.05) is 30.8 Å². The Morgan fingerprint density at radius 3 is 2.53 bits per heavy atom. The zero-order chi connectivity index (χ0) is 26.5. The lowest BCUT2D eigenvalue weighted by atomic mass is 9.70. The number of aliphatic hydroxyl groups is 1. The van der Waals surface area contributed by atoms with Gasteiger partial charge in [0.05, 0.1) is 7.11 Å². The molecule has 0 fully saturated rings. The van der Waals surface area contributed by atoms with Crippen molar-refractivity contribution in [3.05, 3.63) is 113 Å². The van der Waals surface area contributed by atoms with Crippen LogP contribution >= 0.6 is 0 Å². The maximum atomic E-state index is 13.1. The Bertz CT molecular complexity index is 1410. The van der Waals surface area contributed by atoms with Gasteiger partial charge in [-0.1, -0.05) is 78.9 Å². The number of nitrogens with zero attached hydrogens (tertiary/aromatic N) is 2. The second-order valence-corrected chi connectivity index (χ2v) is 10.4. The highest BCUT2D eigenvalue weighted by Crippen LogP contribution is 2.48. The molecule has 0 spiro atoms. The Morgan fingerprint density at radius 2 is 1.79 bits per heavy atom. The van der Waals surface area contributed by atoms with Gasteiger partial charge in [-0.05, 0) is 72.6 Å². The standard InChI is InChI=1S/C33H37N3O2/c1-36(2)21-18-33(37,30-15-9-13-25-10-7-8-14-28(25)30)31(26-11-5-4-6-12-26)29-22-27(23-35-32(29)38-3)24-16-19-34-20-17-24/h4-16,22-23,31,34,37H,17-21H2,1-3H3. The van der Waals surface area contributed by atoms with E-state index in [0.717, 1.165) is 59.1 Å². The third-order valence-electron chi connectivity index (χ3n) is 7.62. The lowest BCUT2D eigenvalue weighted by Gasteiger charge is -2.39. The summed E-state index contributed by atoms with van der Waals surface area (Å²) in [5, 5.41) is 18.6. The highest BCUT2D eigenvalue weighted by Gasteiger charge is 2.43. The molecule has 196 valence electrons. The molecule has 4 aromatic rings. The molecule has 3 aromatic carbocycles. The third-order valence-corrected chi connectivity index (χ3v) is 7.62. The van der Waals surface area contributed by atoms with Crippen LogP contribution in [-0.4, -0.2) is 55.8 Å². The SMILES string of the molecule is COc1ncc(C2=CCNCC2)cc1C(c1ccccc1)C(O)(CCN(C)C)c1cccc2ccccc12. The normalized spacial score (nSPS) is 16.2. The Labute approximate surface area is 225 Å². The van der Waals surface area contributed by atoms with Gasteiger partial charge in [0.25, 0.3) is 0 Å². The number of pyridine rings is 1. The molecule has 0 bridgehead atoms. The highest BCUT2D eigenvalue weighted by atomic mass is 16.5. The zero-order valence-electron chi connectivity index (χ0n) is 22.5. The first kappa shape index (κ1) is 26.1. The van der Waals surface area contributed by atoms with Crippen LogP contribution in [0.25, 0.3) is 16.3 Å². The summed E-state index contributed by atoms with van der Waals surface area (Å²) in [4.78, 5) is 6.91. The van der Waals surface area contributed by atoms with Crippen LogP contribution in [0.4, 0.5) is 0 Å². The first-order valence-electron chi connectivity index (χ1n) is 13.4. The zero-order valence-corrected chi connectivity index (χ0v) is 22.5. The number of ether oxygens (including phenoxy) is 1. The summed E-state index contributed by atoms with van der Waals surface area (Å²) in [6.07, 6.45) is 5.61. The number of benzene rings is 3. The van der Waals surface area contributed by atoms with E-state index in [9.17, 15) is 5.11 Å². The summed E-state index contributed by atoms with van der Waals surface area (Å²) < 4.78 is 5.87. The van der Waals surface area contributed by atoms with Crippen molar-refractivity contribution < 1.29 is 9.84 Å². The molecule has 2 heterocycles. The fraction of sp³-hybridized carbons (Fsp3) is 0.303. The lowest BCUT2D eigenvalue weighted by molar-refractivity contribution is 0.00515. The molecule has 0 saturated heterocycles. The fourth-order valence-corrected chi connectivity index (χ4v) is 5.70. The molecular weight excluding hydrogens is 470 g/mol. The van der Waals surface area contributed by atoms with Gasteiger partial charge in [-0.15, -0.1) is 0 Å². The number of hydrogen-bond donors (Lipinski definition) is 2. The molecule has 5 nitrogen and oxygen atoms in total. The highest BCUT2D eigenvalue weighted by molar-refractivity contribution is 5.86. The molecule has 1 aromatic heterocycles. The number of nitrogens with one attached hydrogen (secondary N) is 1. The van der Waals surface area contributed by atoms with Crippen molar-refractivity contribution in [3.63, 3.8) is 0 Å². The number of methoxy groups -OCH3 is 1. The summed E-state index contributed by atoms with van der Waals surface area (Å²) in [7, 11) is 5.76. The minimum absolute atomic E-state index is 0.404. The predicted octanol–water partition coefficient (Wildman–Crippen LogP) is 5.59. The Balaban J connectivity index is 1.78. The second-order valence-electron chi connectivity index (χ2n) is 10.4. The van der Waals surface area contributed by atoms with Crippen molar-refractivity contribution in [1.82, 2.24) is 15.2 Å². The van der Waals surface area contributed by atoms with Crippen molar-refractivity contribution in [2.75, 3.05) is 40.8 Å². The molecule has 0 radical (unpaired) electrons. The minimum atomic E-state index is -1.23. The van der Waals surface area contributed by atoms with E-state index in [1.54, 1.807) is 7.11 Å². The van der Waals surface area contributed by atoms with Gasteiger partial charge in [-0.2, -0.15) is 0 Å². The minimum Gasteiger partial charge on any atom is -0.481 e. The average molecular weight is 508 g/mol. The van der Waals surface area contributed by atoms with Gasteiger partial charge in [0.15, 0.2) is 0 Å². The number of aromatic nitrogens is 1. The molecule has 1 aliphatic rings. The van der Waals surface area contributed by atoms with Crippen molar-refractivity contribution in [1.29, 1.82) is 0 Å². The van der Waals surface area contributed by atoms with E-state index < -0.39 is 11.5 Å². The molecule has 2 atom stereocenters. The Hall–Kier alpha value is -3.51. The van der Waals surface area contributed by atoms with Crippen molar-refractivity contribution in [2.24, 2.45) is 0 Å². The van der Waals surface area contributed by atoms with E-state index >= 15 is 0 Å². The number of fused-ring (bicyclic) bond motifs is 1. The van der Waals surface area contributed by atoms with E-state index in [-0.39, 0.29) is 0 Å². The Morgan fingerprint density at radius 1 is 1.03 bits per heavy atom. The van der Waals surface area contributed by atoms with Crippen LogP contribution in [0.3, 0.4) is 0 Å². The van der Waals surface area contributed by atoms with E-state index in [1.807, 2.05) is 56.7 Å². The molecule has 1 aliphatic heterocycles. The third kappa shape index (κ3) is 5.23. The maximum absolute atomic E-state index is 13.1. The van der Waals surface area contributed by atoms with Gasteiger partial charge in [-0.25, -0.2) is 4.98 Å². The molecule has 2 N–H and O–H groups in total. The molecule has 2 unspecified atom stereocenters. The van der Waals surface area contributed by atoms with E-state index in [0.29, 0.717) is 12.3 Å².